The maximum atomic E-state index is 13.0. The molecule has 2 saturated heterocycles. The fourth-order valence-corrected chi connectivity index (χ4v) is 5.06. The van der Waals surface area contributed by atoms with Crippen molar-refractivity contribution < 1.29 is 47.9 Å². The first kappa shape index (κ1) is 30.5. The number of Topliss-reactive ketones (excluding diaryl/α,β-unsaturated/α-hetero) is 1. The van der Waals surface area contributed by atoms with Crippen LogP contribution in [0.4, 0.5) is 0 Å². The van der Waals surface area contributed by atoms with E-state index in [-0.39, 0.29) is 44.0 Å². The number of fused-ring (bicyclic) bond motifs is 1. The van der Waals surface area contributed by atoms with E-state index in [2.05, 4.69) is 0 Å². The number of ether oxygens (including phenoxy) is 6. The van der Waals surface area contributed by atoms with Crippen LogP contribution >= 0.6 is 0 Å². The molecule has 0 bridgehead atoms. The number of hydrogen-bond acceptors (Lipinski definition) is 9. The lowest BCUT2D eigenvalue weighted by atomic mass is 9.97. The molecular weight excluding hydrogens is 556 g/mol. The molecule has 6 atom stereocenters. The zero-order chi connectivity index (χ0) is 30.2. The van der Waals surface area contributed by atoms with E-state index >= 15 is 0 Å². The number of carbonyl (C=O) groups excluding carboxylic acids is 2. The van der Waals surface area contributed by atoms with E-state index in [4.69, 9.17) is 28.4 Å². The summed E-state index contributed by atoms with van der Waals surface area (Å²) < 4.78 is 37.1. The number of esters is 1. The summed E-state index contributed by atoms with van der Waals surface area (Å²) in [5.74, 6) is -1.87. The van der Waals surface area contributed by atoms with E-state index < -0.39 is 48.9 Å². The van der Waals surface area contributed by atoms with Gasteiger partial charge in [-0.2, -0.15) is 0 Å². The van der Waals surface area contributed by atoms with Crippen molar-refractivity contribution in [2.24, 2.45) is 0 Å². The summed E-state index contributed by atoms with van der Waals surface area (Å²) in [6.45, 7) is 1.60. The molecule has 5 rings (SSSR count). The van der Waals surface area contributed by atoms with Crippen molar-refractivity contribution in [2.45, 2.75) is 70.0 Å². The summed E-state index contributed by atoms with van der Waals surface area (Å²) in [4.78, 5) is 36.3. The molecule has 0 amide bonds. The van der Waals surface area contributed by atoms with Crippen LogP contribution < -0.4 is 0 Å². The molecule has 1 unspecified atom stereocenters. The van der Waals surface area contributed by atoms with Crippen molar-refractivity contribution in [1.82, 2.24) is 0 Å². The third kappa shape index (κ3) is 7.92. The Morgan fingerprint density at radius 1 is 0.814 bits per heavy atom. The van der Waals surface area contributed by atoms with Gasteiger partial charge in [-0.25, -0.2) is 4.79 Å². The maximum absolute atomic E-state index is 13.0. The van der Waals surface area contributed by atoms with Gasteiger partial charge in [0.1, 0.15) is 24.1 Å². The molecule has 1 N–H and O–H groups in total. The van der Waals surface area contributed by atoms with Gasteiger partial charge in [0.15, 0.2) is 18.7 Å². The Kier molecular flexibility index (Phi) is 10.3. The normalized spacial score (nSPS) is 25.0. The molecule has 0 aliphatic carbocycles. The Bertz CT molecular complexity index is 1380. The lowest BCUT2D eigenvalue weighted by molar-refractivity contribution is -0.369. The summed E-state index contributed by atoms with van der Waals surface area (Å²) in [5.41, 5.74) is 2.20. The average molecular weight is 591 g/mol. The van der Waals surface area contributed by atoms with Gasteiger partial charge in [-0.1, -0.05) is 78.9 Å². The van der Waals surface area contributed by atoms with E-state index in [9.17, 15) is 19.5 Å². The Morgan fingerprint density at radius 2 is 1.51 bits per heavy atom. The molecule has 2 fully saturated rings. The van der Waals surface area contributed by atoms with E-state index in [0.717, 1.165) is 11.1 Å². The van der Waals surface area contributed by atoms with Crippen LogP contribution in [0.15, 0.2) is 84.9 Å². The van der Waals surface area contributed by atoms with Crippen LogP contribution in [0.2, 0.25) is 0 Å². The number of aromatic carboxylic acids is 1. The largest absolute Gasteiger partial charge is 0.478 e. The molecule has 226 valence electrons. The highest BCUT2D eigenvalue weighted by Crippen LogP contribution is 2.37. The summed E-state index contributed by atoms with van der Waals surface area (Å²) in [6.07, 6.45) is -5.27. The standard InChI is InChI=1S/C33H34O10/c1-21(34)16-17-27(35)42-30-29(38-18-22-10-4-2-5-11-22)28-26(20-40-32(43-28)23-12-6-3-7-13-23)41-33(30)39-19-24-14-8-9-15-25(24)31(36)37/h2-15,26,28-30,32-33H,16-20H2,1H3,(H,36,37)/t26-,28-,29+,30+,32?,33+/m1/s1. The van der Waals surface area contributed by atoms with Gasteiger partial charge < -0.3 is 38.3 Å². The summed E-state index contributed by atoms with van der Waals surface area (Å²) >= 11 is 0. The predicted octanol–water partition coefficient (Wildman–Crippen LogP) is 4.61. The predicted molar refractivity (Wildman–Crippen MR) is 152 cm³/mol. The third-order valence-electron chi connectivity index (χ3n) is 7.24. The number of benzene rings is 3. The average Bonchev–Trinajstić information content (AvgIpc) is 3.03. The second kappa shape index (κ2) is 14.5. The zero-order valence-electron chi connectivity index (χ0n) is 23.7. The van der Waals surface area contributed by atoms with Crippen LogP contribution in [0.1, 0.15) is 53.1 Å². The number of carboxylic acid groups (broad SMARTS) is 1. The molecule has 2 aliphatic heterocycles. The van der Waals surface area contributed by atoms with Crippen LogP contribution in [0.5, 0.6) is 0 Å². The second-order valence-corrected chi connectivity index (χ2v) is 10.4. The molecule has 0 aromatic heterocycles. The summed E-state index contributed by atoms with van der Waals surface area (Å²) in [6, 6.07) is 25.4. The number of hydrogen-bond donors (Lipinski definition) is 1. The SMILES string of the molecule is CC(=O)CCC(=O)O[C@@H]1[C@@H](OCc2ccccc2C(=O)O)O[C@@H]2COC(c3ccccc3)O[C@H]2[C@@H]1OCc1ccccc1. The fraction of sp³-hybridized carbons (Fsp3) is 0.364. The van der Waals surface area contributed by atoms with Gasteiger partial charge in [0.2, 0.25) is 0 Å². The van der Waals surface area contributed by atoms with E-state index in [1.165, 1.54) is 13.0 Å². The molecule has 0 radical (unpaired) electrons. The molecule has 0 spiro atoms. The number of carboxylic acids is 1. The fourth-order valence-electron chi connectivity index (χ4n) is 5.06. The van der Waals surface area contributed by atoms with Crippen LogP contribution in [0, 0.1) is 0 Å². The highest BCUT2D eigenvalue weighted by atomic mass is 16.8. The third-order valence-corrected chi connectivity index (χ3v) is 7.24. The first-order valence-electron chi connectivity index (χ1n) is 14.1. The summed E-state index contributed by atoms with van der Waals surface area (Å²) in [7, 11) is 0. The Labute approximate surface area is 249 Å². The van der Waals surface area contributed by atoms with E-state index in [0.29, 0.717) is 5.56 Å². The van der Waals surface area contributed by atoms with Gasteiger partial charge in [-0.05, 0) is 24.1 Å². The van der Waals surface area contributed by atoms with Gasteiger partial charge in [0.05, 0.1) is 31.8 Å². The van der Waals surface area contributed by atoms with Crippen molar-refractivity contribution in [3.63, 3.8) is 0 Å². The lowest BCUT2D eigenvalue weighted by Crippen LogP contribution is -2.64. The van der Waals surface area contributed by atoms with Crippen LogP contribution in [-0.4, -0.2) is 60.1 Å². The number of carbonyl (C=O) groups is 3. The number of rotatable bonds is 12. The first-order valence-corrected chi connectivity index (χ1v) is 14.1. The van der Waals surface area contributed by atoms with Crippen molar-refractivity contribution in [1.29, 1.82) is 0 Å². The number of ketones is 1. The van der Waals surface area contributed by atoms with Crippen molar-refractivity contribution >= 4 is 17.7 Å². The highest BCUT2D eigenvalue weighted by molar-refractivity contribution is 5.89. The van der Waals surface area contributed by atoms with Crippen molar-refractivity contribution in [3.05, 3.63) is 107 Å². The minimum atomic E-state index is -1.15. The van der Waals surface area contributed by atoms with Crippen LogP contribution in [0.25, 0.3) is 0 Å². The maximum Gasteiger partial charge on any atom is 0.336 e. The zero-order valence-corrected chi connectivity index (χ0v) is 23.7. The molecule has 10 nitrogen and oxygen atoms in total. The van der Waals surface area contributed by atoms with E-state index in [1.54, 1.807) is 18.2 Å². The minimum absolute atomic E-state index is 0.0198. The smallest absolute Gasteiger partial charge is 0.336 e. The Balaban J connectivity index is 1.43. The Morgan fingerprint density at radius 3 is 2.23 bits per heavy atom. The van der Waals surface area contributed by atoms with Gasteiger partial charge in [0.25, 0.3) is 0 Å². The second-order valence-electron chi connectivity index (χ2n) is 10.4. The quantitative estimate of drug-likeness (QED) is 0.299. The van der Waals surface area contributed by atoms with E-state index in [1.807, 2.05) is 60.7 Å². The molecule has 10 heteroatoms. The van der Waals surface area contributed by atoms with Gasteiger partial charge in [-0.3, -0.25) is 4.79 Å². The molecule has 3 aromatic carbocycles. The topological polar surface area (TPSA) is 127 Å². The molecular formula is C33H34O10. The first-order chi connectivity index (χ1) is 20.9. The van der Waals surface area contributed by atoms with Gasteiger partial charge >= 0.3 is 11.9 Å². The Hall–Kier alpha value is -3.93. The van der Waals surface area contributed by atoms with Crippen molar-refractivity contribution in [2.75, 3.05) is 6.61 Å². The monoisotopic (exact) mass is 590 g/mol. The molecule has 43 heavy (non-hydrogen) atoms. The van der Waals surface area contributed by atoms with Crippen LogP contribution in [0.3, 0.4) is 0 Å². The highest BCUT2D eigenvalue weighted by Gasteiger charge is 2.53. The van der Waals surface area contributed by atoms with Gasteiger partial charge in [0, 0.05) is 12.0 Å². The summed E-state index contributed by atoms with van der Waals surface area (Å²) in [5, 5.41) is 9.63. The molecule has 2 aliphatic rings. The van der Waals surface area contributed by atoms with Gasteiger partial charge in [-0.15, -0.1) is 0 Å². The molecule has 3 aromatic rings. The molecule has 0 saturated carbocycles. The molecule has 2 heterocycles. The van der Waals surface area contributed by atoms with Crippen LogP contribution in [-0.2, 0) is 51.2 Å². The van der Waals surface area contributed by atoms with Crippen molar-refractivity contribution in [3.8, 4) is 0 Å². The minimum Gasteiger partial charge on any atom is -0.478 e. The lowest BCUT2D eigenvalue weighted by Gasteiger charge is -2.48.